The third-order valence-corrected chi connectivity index (χ3v) is 7.00. The van der Waals surface area contributed by atoms with Crippen LogP contribution in [0.15, 0.2) is 54.6 Å². The Hall–Kier alpha value is -2.47. The molecule has 0 aromatic heterocycles. The van der Waals surface area contributed by atoms with Crippen LogP contribution in [0.3, 0.4) is 0 Å². The number of rotatable bonds is 14. The summed E-state index contributed by atoms with van der Waals surface area (Å²) in [5.41, 5.74) is 5.09. The van der Waals surface area contributed by atoms with E-state index in [1.165, 1.54) is 18.2 Å². The molecule has 1 aliphatic rings. The maximum Gasteiger partial charge on any atom is 0.305 e. The number of carbonyl (C=O) groups is 1. The van der Waals surface area contributed by atoms with Crippen LogP contribution in [-0.2, 0) is 27.1 Å². The monoisotopic (exact) mass is 493 g/mol. The molecule has 2 aromatic rings. The molecule has 1 aliphatic carbocycles. The second-order valence-corrected chi connectivity index (χ2v) is 10.6. The van der Waals surface area contributed by atoms with Crippen molar-refractivity contribution < 1.29 is 19.4 Å². The summed E-state index contributed by atoms with van der Waals surface area (Å²) in [5.74, 6) is 0.467. The highest BCUT2D eigenvalue weighted by Gasteiger charge is 2.28. The molecule has 0 amide bonds. The molecule has 2 N–H and O–H groups in total. The Labute approximate surface area is 216 Å². The molecule has 3 rings (SSSR count). The quantitative estimate of drug-likeness (QED) is 0.263. The summed E-state index contributed by atoms with van der Waals surface area (Å²) >= 11 is 0. The van der Waals surface area contributed by atoms with E-state index < -0.39 is 6.10 Å². The third kappa shape index (κ3) is 8.88. The molecule has 196 valence electrons. The van der Waals surface area contributed by atoms with E-state index in [2.05, 4.69) is 72.5 Å². The molecular weight excluding hydrogens is 450 g/mol. The van der Waals surface area contributed by atoms with Gasteiger partial charge in [0.15, 0.2) is 0 Å². The highest BCUT2D eigenvalue weighted by atomic mass is 16.5. The zero-order chi connectivity index (χ0) is 26.0. The van der Waals surface area contributed by atoms with Gasteiger partial charge in [-0.1, -0.05) is 60.7 Å². The Morgan fingerprint density at radius 2 is 1.81 bits per heavy atom. The molecule has 36 heavy (non-hydrogen) atoms. The maximum atomic E-state index is 11.2. The Bertz CT molecular complexity index is 975. The van der Waals surface area contributed by atoms with Crippen LogP contribution in [0.1, 0.15) is 74.8 Å². The summed E-state index contributed by atoms with van der Waals surface area (Å²) in [5, 5.41) is 14.2. The molecule has 2 aromatic carbocycles. The van der Waals surface area contributed by atoms with Crippen molar-refractivity contribution in [1.82, 2.24) is 5.32 Å². The van der Waals surface area contributed by atoms with Gasteiger partial charge in [-0.15, -0.1) is 0 Å². The van der Waals surface area contributed by atoms with E-state index in [1.807, 2.05) is 19.1 Å². The molecule has 0 bridgehead atoms. The molecule has 5 heteroatoms. The lowest BCUT2D eigenvalue weighted by Crippen LogP contribution is -2.45. The molecule has 0 radical (unpaired) electrons. The van der Waals surface area contributed by atoms with Gasteiger partial charge in [-0.2, -0.15) is 0 Å². The number of allylic oxidation sites excluding steroid dienone is 1. The topological polar surface area (TPSA) is 67.8 Å². The van der Waals surface area contributed by atoms with Crippen LogP contribution in [0.25, 0.3) is 6.08 Å². The number of β-amino-alcohol motifs (C(OH)–C–C–N with tert-alkyl or cyclic N) is 1. The minimum Gasteiger partial charge on any atom is -0.469 e. The predicted molar refractivity (Wildman–Crippen MR) is 146 cm³/mol. The zero-order valence-corrected chi connectivity index (χ0v) is 22.3. The second-order valence-electron chi connectivity index (χ2n) is 10.6. The van der Waals surface area contributed by atoms with Crippen LogP contribution in [0, 0.1) is 5.92 Å². The normalized spacial score (nSPS) is 15.7. The van der Waals surface area contributed by atoms with Gasteiger partial charge in [-0.25, -0.2) is 0 Å². The van der Waals surface area contributed by atoms with Crippen LogP contribution in [0.4, 0.5) is 0 Å². The highest BCUT2D eigenvalue weighted by molar-refractivity contribution is 5.69. The Morgan fingerprint density at radius 3 is 2.50 bits per heavy atom. The summed E-state index contributed by atoms with van der Waals surface area (Å²) in [4.78, 5) is 11.2. The molecule has 0 unspecified atom stereocenters. The van der Waals surface area contributed by atoms with E-state index >= 15 is 0 Å². The van der Waals surface area contributed by atoms with Crippen molar-refractivity contribution in [1.29, 1.82) is 0 Å². The fourth-order valence-electron chi connectivity index (χ4n) is 5.10. The summed E-state index contributed by atoms with van der Waals surface area (Å²) < 4.78 is 10.7. The number of benzene rings is 2. The number of aliphatic hydroxyl groups is 1. The molecular formula is C31H43NO4. The van der Waals surface area contributed by atoms with Crippen LogP contribution in [0.2, 0.25) is 0 Å². The molecule has 0 heterocycles. The van der Waals surface area contributed by atoms with Crippen molar-refractivity contribution in [3.05, 3.63) is 76.9 Å². The number of nitrogens with one attached hydrogen (secondary N) is 1. The van der Waals surface area contributed by atoms with Gasteiger partial charge in [-0.05, 0) is 81.0 Å². The van der Waals surface area contributed by atoms with E-state index in [4.69, 9.17) is 4.74 Å². The molecule has 2 atom stereocenters. The van der Waals surface area contributed by atoms with Crippen LogP contribution in [-0.4, -0.2) is 43.0 Å². The number of esters is 1. The van der Waals surface area contributed by atoms with Gasteiger partial charge in [0.1, 0.15) is 0 Å². The minimum absolute atomic E-state index is 0.0510. The summed E-state index contributed by atoms with van der Waals surface area (Å²) in [6.45, 7) is 7.24. The SMILES string of the molecule is COC(=O)CCCC=Cc1ccccc1[C@@H](C)OC[C@H](O)CNC(C)(C)CC1Cc2ccccc2C1. The standard InChI is InChI=1S/C31H43NO4/c1-23(29-16-11-10-13-25(29)12-6-5-7-17-30(34)35-4)36-22-28(33)21-32-31(2,3)20-24-18-26-14-8-9-15-27(26)19-24/h6,8-16,23-24,28,32-33H,5,7,17-22H2,1-4H3/t23-,28-/m1/s1. The van der Waals surface area contributed by atoms with Crippen molar-refractivity contribution in [2.75, 3.05) is 20.3 Å². The number of hydrogen-bond donors (Lipinski definition) is 2. The first-order chi connectivity index (χ1) is 17.3. The van der Waals surface area contributed by atoms with Gasteiger partial charge in [0, 0.05) is 18.5 Å². The number of aliphatic hydroxyl groups excluding tert-OH is 1. The van der Waals surface area contributed by atoms with Gasteiger partial charge in [0.2, 0.25) is 0 Å². The molecule has 0 fully saturated rings. The lowest BCUT2D eigenvalue weighted by molar-refractivity contribution is -0.140. The van der Waals surface area contributed by atoms with Gasteiger partial charge in [0.05, 0.1) is 25.9 Å². The van der Waals surface area contributed by atoms with E-state index in [0.29, 0.717) is 18.9 Å². The number of carbonyl (C=O) groups excluding carboxylic acids is 1. The zero-order valence-electron chi connectivity index (χ0n) is 22.3. The summed E-state index contributed by atoms with van der Waals surface area (Å²) in [6.07, 6.45) is 8.81. The Kier molecular flexibility index (Phi) is 10.7. The molecule has 5 nitrogen and oxygen atoms in total. The van der Waals surface area contributed by atoms with Crippen LogP contribution in [0.5, 0.6) is 0 Å². The Balaban J connectivity index is 1.41. The third-order valence-electron chi connectivity index (χ3n) is 7.00. The van der Waals surface area contributed by atoms with E-state index in [-0.39, 0.29) is 24.2 Å². The summed E-state index contributed by atoms with van der Waals surface area (Å²) in [7, 11) is 1.42. The molecule has 0 saturated heterocycles. The first-order valence-electron chi connectivity index (χ1n) is 13.2. The van der Waals surface area contributed by atoms with E-state index in [9.17, 15) is 9.90 Å². The van der Waals surface area contributed by atoms with Crippen LogP contribution >= 0.6 is 0 Å². The lowest BCUT2D eigenvalue weighted by atomic mass is 9.88. The van der Waals surface area contributed by atoms with Crippen LogP contribution < -0.4 is 5.32 Å². The lowest BCUT2D eigenvalue weighted by Gasteiger charge is -2.31. The molecule has 0 spiro atoms. The first kappa shape index (κ1) is 28.1. The van der Waals surface area contributed by atoms with Gasteiger partial charge in [0.25, 0.3) is 0 Å². The van der Waals surface area contributed by atoms with E-state index in [1.54, 1.807) is 0 Å². The fourth-order valence-corrected chi connectivity index (χ4v) is 5.10. The van der Waals surface area contributed by atoms with Gasteiger partial charge >= 0.3 is 5.97 Å². The van der Waals surface area contributed by atoms with Gasteiger partial charge < -0.3 is 19.9 Å². The fraction of sp³-hybridized carbons (Fsp3) is 0.516. The predicted octanol–water partition coefficient (Wildman–Crippen LogP) is 5.65. The Morgan fingerprint density at radius 1 is 1.14 bits per heavy atom. The number of hydrogen-bond acceptors (Lipinski definition) is 5. The van der Waals surface area contributed by atoms with Crippen molar-refractivity contribution in [2.45, 2.75) is 77.0 Å². The van der Waals surface area contributed by atoms with Crippen molar-refractivity contribution in [3.8, 4) is 0 Å². The number of methoxy groups -OCH3 is 1. The van der Waals surface area contributed by atoms with Crippen molar-refractivity contribution in [2.24, 2.45) is 5.92 Å². The number of unbranched alkanes of at least 4 members (excludes halogenated alkanes) is 1. The van der Waals surface area contributed by atoms with Crippen molar-refractivity contribution >= 4 is 12.0 Å². The molecule has 0 saturated carbocycles. The average molecular weight is 494 g/mol. The van der Waals surface area contributed by atoms with Gasteiger partial charge in [-0.3, -0.25) is 4.79 Å². The number of ether oxygens (including phenoxy) is 2. The smallest absolute Gasteiger partial charge is 0.305 e. The maximum absolute atomic E-state index is 11.2. The highest BCUT2D eigenvalue weighted by Crippen LogP contribution is 2.32. The van der Waals surface area contributed by atoms with Crippen molar-refractivity contribution in [3.63, 3.8) is 0 Å². The second kappa shape index (κ2) is 13.7. The molecule has 0 aliphatic heterocycles. The number of fused-ring (bicyclic) bond motifs is 1. The first-order valence-corrected chi connectivity index (χ1v) is 13.2. The van der Waals surface area contributed by atoms with E-state index in [0.717, 1.165) is 43.2 Å². The minimum atomic E-state index is -0.575. The largest absolute Gasteiger partial charge is 0.469 e. The summed E-state index contributed by atoms with van der Waals surface area (Å²) in [6, 6.07) is 16.9. The average Bonchev–Trinajstić information content (AvgIpc) is 3.27.